The Labute approximate surface area is 151 Å². The second-order valence-electron chi connectivity index (χ2n) is 5.97. The Morgan fingerprint density at radius 2 is 2.04 bits per heavy atom. The van der Waals surface area contributed by atoms with Gasteiger partial charge in [0, 0.05) is 32.7 Å². The molecule has 0 saturated carbocycles. The molecule has 0 bridgehead atoms. The molecule has 1 aliphatic heterocycles. The Bertz CT molecular complexity index is 894. The van der Waals surface area contributed by atoms with Crippen LogP contribution in [-0.4, -0.2) is 55.6 Å². The monoisotopic (exact) mass is 380 g/mol. The number of ether oxygens (including phenoxy) is 1. The van der Waals surface area contributed by atoms with Crippen LogP contribution in [0.3, 0.4) is 0 Å². The smallest absolute Gasteiger partial charge is 0.251 e. The first-order valence-electron chi connectivity index (χ1n) is 8.03. The number of benzene rings is 1. The van der Waals surface area contributed by atoms with Gasteiger partial charge in [-0.15, -0.1) is 0 Å². The quantitative estimate of drug-likeness (QED) is 0.819. The van der Waals surface area contributed by atoms with E-state index >= 15 is 0 Å². The fourth-order valence-electron chi connectivity index (χ4n) is 2.94. The van der Waals surface area contributed by atoms with Crippen molar-refractivity contribution >= 4 is 15.9 Å². The minimum Gasteiger partial charge on any atom is -0.380 e. The second-order valence-corrected chi connectivity index (χ2v) is 7.86. The highest BCUT2D eigenvalue weighted by Gasteiger charge is 2.44. The Balaban J connectivity index is 1.94. The van der Waals surface area contributed by atoms with Crippen LogP contribution in [0.25, 0.3) is 0 Å². The van der Waals surface area contributed by atoms with E-state index in [9.17, 15) is 13.2 Å². The molecule has 1 amide bonds. The van der Waals surface area contributed by atoms with Crippen LogP contribution in [-0.2, 0) is 14.8 Å². The molecule has 1 aromatic heterocycles. The SMILES string of the molecule is CNC(=O)c1ccc(S(=O)(=O)N2C[C@@H](OC)C[C@@H]2c2nc(C)no2)cc1. The van der Waals surface area contributed by atoms with E-state index in [2.05, 4.69) is 15.5 Å². The lowest BCUT2D eigenvalue weighted by Gasteiger charge is -2.21. The maximum atomic E-state index is 13.1. The fourth-order valence-corrected chi connectivity index (χ4v) is 4.56. The van der Waals surface area contributed by atoms with Gasteiger partial charge in [0.2, 0.25) is 15.9 Å². The number of rotatable bonds is 5. The summed E-state index contributed by atoms with van der Waals surface area (Å²) in [4.78, 5) is 15.9. The first-order chi connectivity index (χ1) is 12.4. The molecule has 2 atom stereocenters. The third kappa shape index (κ3) is 3.35. The van der Waals surface area contributed by atoms with E-state index in [-0.39, 0.29) is 29.3 Å². The van der Waals surface area contributed by atoms with Crippen molar-refractivity contribution in [2.24, 2.45) is 0 Å². The summed E-state index contributed by atoms with van der Waals surface area (Å²) < 4.78 is 38.1. The topological polar surface area (TPSA) is 115 Å². The summed E-state index contributed by atoms with van der Waals surface area (Å²) in [7, 11) is -0.775. The largest absolute Gasteiger partial charge is 0.380 e. The van der Waals surface area contributed by atoms with Crippen molar-refractivity contribution in [3.8, 4) is 0 Å². The van der Waals surface area contributed by atoms with Crippen molar-refractivity contribution in [2.45, 2.75) is 30.4 Å². The van der Waals surface area contributed by atoms with E-state index in [0.29, 0.717) is 17.8 Å². The summed E-state index contributed by atoms with van der Waals surface area (Å²) in [5, 5.41) is 6.24. The number of amides is 1. The zero-order valence-electron chi connectivity index (χ0n) is 14.7. The molecule has 1 saturated heterocycles. The van der Waals surface area contributed by atoms with Crippen molar-refractivity contribution in [1.82, 2.24) is 19.8 Å². The van der Waals surface area contributed by atoms with Crippen molar-refractivity contribution in [3.63, 3.8) is 0 Å². The third-order valence-corrected chi connectivity index (χ3v) is 6.22. The lowest BCUT2D eigenvalue weighted by atomic mass is 10.2. The van der Waals surface area contributed by atoms with Gasteiger partial charge >= 0.3 is 0 Å². The summed E-state index contributed by atoms with van der Waals surface area (Å²) >= 11 is 0. The molecule has 1 N–H and O–H groups in total. The van der Waals surface area contributed by atoms with Crippen molar-refractivity contribution in [3.05, 3.63) is 41.5 Å². The molecule has 2 heterocycles. The minimum atomic E-state index is -3.83. The lowest BCUT2D eigenvalue weighted by molar-refractivity contribution is 0.0963. The lowest BCUT2D eigenvalue weighted by Crippen LogP contribution is -2.32. The van der Waals surface area contributed by atoms with Crippen LogP contribution in [0.1, 0.15) is 34.5 Å². The van der Waals surface area contributed by atoms with E-state index < -0.39 is 16.1 Å². The molecule has 9 nitrogen and oxygen atoms in total. The van der Waals surface area contributed by atoms with Crippen LogP contribution in [0, 0.1) is 6.92 Å². The average Bonchev–Trinajstić information content (AvgIpc) is 3.27. The molecule has 140 valence electrons. The molecule has 0 spiro atoms. The number of hydrogen-bond donors (Lipinski definition) is 1. The number of methoxy groups -OCH3 is 1. The first kappa shape index (κ1) is 18.5. The van der Waals surface area contributed by atoms with Crippen LogP contribution in [0.2, 0.25) is 0 Å². The molecule has 0 unspecified atom stereocenters. The molecule has 3 rings (SSSR count). The summed E-state index contributed by atoms with van der Waals surface area (Å²) in [5.74, 6) is 0.398. The van der Waals surface area contributed by atoms with E-state index in [1.54, 1.807) is 6.92 Å². The summed E-state index contributed by atoms with van der Waals surface area (Å²) in [6, 6.07) is 5.18. The number of hydrogen-bond acceptors (Lipinski definition) is 7. The Morgan fingerprint density at radius 1 is 1.35 bits per heavy atom. The van der Waals surface area contributed by atoms with Crippen LogP contribution in [0.15, 0.2) is 33.7 Å². The van der Waals surface area contributed by atoms with Gasteiger partial charge in [-0.05, 0) is 31.2 Å². The van der Waals surface area contributed by atoms with E-state index in [1.165, 1.54) is 42.7 Å². The van der Waals surface area contributed by atoms with Gasteiger partial charge in [-0.2, -0.15) is 9.29 Å². The zero-order valence-corrected chi connectivity index (χ0v) is 15.5. The Hall–Kier alpha value is -2.30. The number of carbonyl (C=O) groups is 1. The molecule has 0 radical (unpaired) electrons. The number of aryl methyl sites for hydroxylation is 1. The summed E-state index contributed by atoms with van der Waals surface area (Å²) in [6.45, 7) is 1.86. The highest BCUT2D eigenvalue weighted by atomic mass is 32.2. The third-order valence-electron chi connectivity index (χ3n) is 4.33. The number of nitrogens with one attached hydrogen (secondary N) is 1. The molecule has 1 aliphatic rings. The normalized spacial score (nSPS) is 21.0. The van der Waals surface area contributed by atoms with E-state index in [1.807, 2.05) is 0 Å². The molecular weight excluding hydrogens is 360 g/mol. The molecule has 10 heteroatoms. The van der Waals surface area contributed by atoms with E-state index in [0.717, 1.165) is 0 Å². The predicted molar refractivity (Wildman–Crippen MR) is 90.9 cm³/mol. The predicted octanol–water partition coefficient (Wildman–Crippen LogP) is 0.888. The van der Waals surface area contributed by atoms with Gasteiger partial charge in [-0.3, -0.25) is 4.79 Å². The summed E-state index contributed by atoms with van der Waals surface area (Å²) in [5.41, 5.74) is 0.381. The van der Waals surface area contributed by atoms with Gasteiger partial charge in [0.05, 0.1) is 11.0 Å². The number of carbonyl (C=O) groups excluding carboxylic acids is 1. The van der Waals surface area contributed by atoms with Crippen molar-refractivity contribution in [2.75, 3.05) is 20.7 Å². The van der Waals surface area contributed by atoms with Crippen LogP contribution >= 0.6 is 0 Å². The summed E-state index contributed by atoms with van der Waals surface area (Å²) in [6.07, 6.45) is 0.153. The average molecular weight is 380 g/mol. The highest BCUT2D eigenvalue weighted by molar-refractivity contribution is 7.89. The highest BCUT2D eigenvalue weighted by Crippen LogP contribution is 2.37. The molecule has 1 fully saturated rings. The maximum Gasteiger partial charge on any atom is 0.251 e. The van der Waals surface area contributed by atoms with Crippen LogP contribution in [0.5, 0.6) is 0 Å². The molecule has 2 aromatic rings. The van der Waals surface area contributed by atoms with Gasteiger partial charge in [0.15, 0.2) is 5.82 Å². The minimum absolute atomic E-state index is 0.0862. The van der Waals surface area contributed by atoms with Crippen LogP contribution in [0.4, 0.5) is 0 Å². The van der Waals surface area contributed by atoms with Crippen LogP contribution < -0.4 is 5.32 Å². The fraction of sp³-hybridized carbons (Fsp3) is 0.438. The zero-order chi connectivity index (χ0) is 18.9. The number of aromatic nitrogens is 2. The second kappa shape index (κ2) is 7.14. The first-order valence-corrected chi connectivity index (χ1v) is 9.47. The van der Waals surface area contributed by atoms with E-state index in [4.69, 9.17) is 9.26 Å². The van der Waals surface area contributed by atoms with Gasteiger partial charge in [0.25, 0.3) is 5.91 Å². The van der Waals surface area contributed by atoms with Crippen molar-refractivity contribution in [1.29, 1.82) is 0 Å². The van der Waals surface area contributed by atoms with Crippen molar-refractivity contribution < 1.29 is 22.5 Å². The van der Waals surface area contributed by atoms with Gasteiger partial charge < -0.3 is 14.6 Å². The molecule has 26 heavy (non-hydrogen) atoms. The Kier molecular flexibility index (Phi) is 5.08. The maximum absolute atomic E-state index is 13.1. The molecule has 1 aromatic carbocycles. The standard InChI is InChI=1S/C16H20N4O5S/c1-10-18-16(25-19-10)14-8-12(24-3)9-20(14)26(22,23)13-6-4-11(5-7-13)15(21)17-2/h4-7,12,14H,8-9H2,1-3H3,(H,17,21)/t12-,14+/m0/s1. The van der Waals surface area contributed by atoms with Gasteiger partial charge in [-0.1, -0.05) is 5.16 Å². The Morgan fingerprint density at radius 3 is 2.58 bits per heavy atom. The number of sulfonamides is 1. The molecular formula is C16H20N4O5S. The molecule has 0 aliphatic carbocycles. The number of nitrogens with zero attached hydrogens (tertiary/aromatic N) is 3. The van der Waals surface area contributed by atoms with Gasteiger partial charge in [0.1, 0.15) is 6.04 Å². The van der Waals surface area contributed by atoms with Gasteiger partial charge in [-0.25, -0.2) is 8.42 Å².